The Kier molecular flexibility index (Phi) is 8.73. The average Bonchev–Trinajstić information content (AvgIpc) is 2.39. The Labute approximate surface area is 131 Å². The van der Waals surface area contributed by atoms with Crippen molar-refractivity contribution < 1.29 is 9.53 Å². The van der Waals surface area contributed by atoms with Crippen molar-refractivity contribution in [3.63, 3.8) is 0 Å². The fraction of sp³-hybridized carbons (Fsp3) is 0.538. The highest BCUT2D eigenvalue weighted by atomic mass is 35.5. The molecule has 0 bridgehead atoms. The summed E-state index contributed by atoms with van der Waals surface area (Å²) < 4.78 is 5.26. The van der Waals surface area contributed by atoms with E-state index in [4.69, 9.17) is 10.5 Å². The van der Waals surface area contributed by atoms with Crippen LogP contribution in [0, 0.1) is 12.8 Å². The highest BCUT2D eigenvalue weighted by Crippen LogP contribution is 2.18. The van der Waals surface area contributed by atoms with E-state index in [9.17, 15) is 4.79 Å². The highest BCUT2D eigenvalue weighted by Gasteiger charge is 2.26. The number of nitrogens with zero attached hydrogens (tertiary/aromatic N) is 1. The smallest absolute Gasteiger partial charge is 0.242 e. The van der Waals surface area contributed by atoms with Crippen LogP contribution in [0.3, 0.4) is 0 Å². The van der Waals surface area contributed by atoms with Gasteiger partial charge in [-0.15, -0.1) is 24.8 Å². The van der Waals surface area contributed by atoms with Gasteiger partial charge in [-0.25, -0.2) is 4.98 Å². The summed E-state index contributed by atoms with van der Waals surface area (Å²) in [6.07, 6.45) is 1.69. The van der Waals surface area contributed by atoms with Gasteiger partial charge in [0.2, 0.25) is 5.91 Å². The number of anilines is 1. The minimum absolute atomic E-state index is 0. The first-order valence-electron chi connectivity index (χ1n) is 6.24. The molecular weight excluding hydrogens is 301 g/mol. The van der Waals surface area contributed by atoms with Gasteiger partial charge in [0.1, 0.15) is 5.82 Å². The number of carbonyl (C=O) groups is 1. The second kappa shape index (κ2) is 9.13. The molecule has 1 aliphatic heterocycles. The molecule has 0 radical (unpaired) electrons. The summed E-state index contributed by atoms with van der Waals surface area (Å²) in [5, 5.41) is 2.76. The van der Waals surface area contributed by atoms with Gasteiger partial charge in [-0.1, -0.05) is 6.07 Å². The quantitative estimate of drug-likeness (QED) is 0.891. The molecule has 1 aliphatic rings. The molecule has 20 heavy (non-hydrogen) atoms. The van der Waals surface area contributed by atoms with Crippen LogP contribution < -0.4 is 11.1 Å². The molecule has 0 saturated carbocycles. The summed E-state index contributed by atoms with van der Waals surface area (Å²) in [6.45, 7) is 3.26. The molecule has 2 rings (SSSR count). The molecular formula is C13H21Cl2N3O2. The number of carbonyl (C=O) groups excluding carboxylic acids is 1. The number of aromatic nitrogens is 1. The van der Waals surface area contributed by atoms with E-state index in [1.807, 2.05) is 19.1 Å². The highest BCUT2D eigenvalue weighted by molar-refractivity contribution is 5.94. The van der Waals surface area contributed by atoms with Gasteiger partial charge in [-0.05, 0) is 37.8 Å². The lowest BCUT2D eigenvalue weighted by Crippen LogP contribution is -2.44. The van der Waals surface area contributed by atoms with E-state index in [0.29, 0.717) is 19.0 Å². The second-order valence-corrected chi connectivity index (χ2v) is 4.63. The molecule has 5 nitrogen and oxygen atoms in total. The van der Waals surface area contributed by atoms with Crippen molar-refractivity contribution in [3.05, 3.63) is 23.9 Å². The molecule has 1 aromatic rings. The van der Waals surface area contributed by atoms with Gasteiger partial charge in [0.25, 0.3) is 0 Å². The fourth-order valence-electron chi connectivity index (χ4n) is 2.11. The molecule has 0 aromatic carbocycles. The average molecular weight is 322 g/mol. The number of halogens is 2. The van der Waals surface area contributed by atoms with Crippen LogP contribution in [0.2, 0.25) is 0 Å². The summed E-state index contributed by atoms with van der Waals surface area (Å²) >= 11 is 0. The maximum atomic E-state index is 12.0. The molecule has 1 saturated heterocycles. The van der Waals surface area contributed by atoms with Crippen molar-refractivity contribution in [2.24, 2.45) is 11.7 Å². The van der Waals surface area contributed by atoms with Crippen LogP contribution >= 0.6 is 24.8 Å². The Hall–Kier alpha value is -0.880. The van der Waals surface area contributed by atoms with Crippen molar-refractivity contribution in [2.75, 3.05) is 18.5 Å². The Bertz CT molecular complexity index is 426. The van der Waals surface area contributed by atoms with Crippen molar-refractivity contribution in [1.29, 1.82) is 0 Å². The standard InChI is InChI=1S/C13H19N3O2.2ClH/c1-9-3-2-4-11(15-9)16-13(17)12(14)10-5-7-18-8-6-10;;/h2-4,10,12H,5-8,14H2,1H3,(H,15,16,17);2*1H. The number of aryl methyl sites for hydroxylation is 1. The van der Waals surface area contributed by atoms with Crippen molar-refractivity contribution in [1.82, 2.24) is 4.98 Å². The molecule has 0 aliphatic carbocycles. The minimum Gasteiger partial charge on any atom is -0.381 e. The zero-order valence-corrected chi connectivity index (χ0v) is 13.0. The van der Waals surface area contributed by atoms with Crippen LogP contribution in [0.4, 0.5) is 5.82 Å². The molecule has 1 fully saturated rings. The molecule has 7 heteroatoms. The van der Waals surface area contributed by atoms with E-state index >= 15 is 0 Å². The summed E-state index contributed by atoms with van der Waals surface area (Å²) in [5.74, 6) is 0.589. The Morgan fingerprint density at radius 2 is 2.05 bits per heavy atom. The van der Waals surface area contributed by atoms with E-state index in [1.54, 1.807) is 6.07 Å². The van der Waals surface area contributed by atoms with Gasteiger partial charge < -0.3 is 15.8 Å². The normalized spacial score (nSPS) is 16.5. The Morgan fingerprint density at radius 3 is 2.65 bits per heavy atom. The third-order valence-corrected chi connectivity index (χ3v) is 3.22. The first-order valence-corrected chi connectivity index (χ1v) is 6.24. The maximum Gasteiger partial charge on any atom is 0.242 e. The van der Waals surface area contributed by atoms with Crippen LogP contribution in [-0.2, 0) is 9.53 Å². The molecule has 0 spiro atoms. The molecule has 1 aromatic heterocycles. The predicted molar refractivity (Wildman–Crippen MR) is 83.6 cm³/mol. The van der Waals surface area contributed by atoms with E-state index < -0.39 is 6.04 Å². The molecule has 1 amide bonds. The maximum absolute atomic E-state index is 12.0. The van der Waals surface area contributed by atoms with E-state index in [1.165, 1.54) is 0 Å². The summed E-state index contributed by atoms with van der Waals surface area (Å²) in [4.78, 5) is 16.2. The second-order valence-electron chi connectivity index (χ2n) is 4.63. The number of nitrogens with one attached hydrogen (secondary N) is 1. The van der Waals surface area contributed by atoms with Crippen molar-refractivity contribution >= 4 is 36.5 Å². The van der Waals surface area contributed by atoms with Crippen molar-refractivity contribution in [3.8, 4) is 0 Å². The van der Waals surface area contributed by atoms with Crippen LogP contribution in [0.25, 0.3) is 0 Å². The summed E-state index contributed by atoms with van der Waals surface area (Å²) in [5.41, 5.74) is 6.85. The SMILES string of the molecule is Cc1cccc(NC(=O)C(N)C2CCOCC2)n1.Cl.Cl. The summed E-state index contributed by atoms with van der Waals surface area (Å²) in [6, 6.07) is 5.02. The van der Waals surface area contributed by atoms with Crippen LogP contribution in [-0.4, -0.2) is 30.1 Å². The zero-order valence-electron chi connectivity index (χ0n) is 11.4. The van der Waals surface area contributed by atoms with E-state index in [-0.39, 0.29) is 36.6 Å². The third-order valence-electron chi connectivity index (χ3n) is 3.22. The van der Waals surface area contributed by atoms with Gasteiger partial charge in [0.05, 0.1) is 6.04 Å². The van der Waals surface area contributed by atoms with Gasteiger partial charge >= 0.3 is 0 Å². The number of ether oxygens (including phenoxy) is 1. The summed E-state index contributed by atoms with van der Waals surface area (Å²) in [7, 11) is 0. The van der Waals surface area contributed by atoms with Crippen molar-refractivity contribution in [2.45, 2.75) is 25.8 Å². The van der Waals surface area contributed by atoms with Crippen LogP contribution in [0.15, 0.2) is 18.2 Å². The number of rotatable bonds is 3. The number of nitrogens with two attached hydrogens (primary N) is 1. The van der Waals surface area contributed by atoms with Crippen LogP contribution in [0.1, 0.15) is 18.5 Å². The lowest BCUT2D eigenvalue weighted by atomic mass is 9.92. The minimum atomic E-state index is -0.490. The molecule has 1 atom stereocenters. The zero-order chi connectivity index (χ0) is 13.0. The topological polar surface area (TPSA) is 77.2 Å². The number of hydrogen-bond acceptors (Lipinski definition) is 4. The number of hydrogen-bond donors (Lipinski definition) is 2. The van der Waals surface area contributed by atoms with Gasteiger partial charge in [0.15, 0.2) is 0 Å². The Morgan fingerprint density at radius 1 is 1.40 bits per heavy atom. The molecule has 3 N–H and O–H groups in total. The molecule has 114 valence electrons. The number of pyridine rings is 1. The first kappa shape index (κ1) is 19.1. The molecule has 1 unspecified atom stereocenters. The first-order chi connectivity index (χ1) is 8.66. The lowest BCUT2D eigenvalue weighted by Gasteiger charge is -2.26. The van der Waals surface area contributed by atoms with E-state index in [0.717, 1.165) is 18.5 Å². The van der Waals surface area contributed by atoms with Gasteiger partial charge in [0, 0.05) is 18.9 Å². The van der Waals surface area contributed by atoms with Gasteiger partial charge in [-0.3, -0.25) is 4.79 Å². The number of amides is 1. The molecule has 2 heterocycles. The van der Waals surface area contributed by atoms with Gasteiger partial charge in [-0.2, -0.15) is 0 Å². The van der Waals surface area contributed by atoms with Crippen LogP contribution in [0.5, 0.6) is 0 Å². The third kappa shape index (κ3) is 5.25. The monoisotopic (exact) mass is 321 g/mol. The van der Waals surface area contributed by atoms with E-state index in [2.05, 4.69) is 10.3 Å². The largest absolute Gasteiger partial charge is 0.381 e. The Balaban J connectivity index is 0.00000180. The predicted octanol–water partition coefficient (Wildman–Crippen LogP) is 1.93. The lowest BCUT2D eigenvalue weighted by molar-refractivity contribution is -0.119. The fourth-order valence-corrected chi connectivity index (χ4v) is 2.11.